The van der Waals surface area contributed by atoms with Crippen molar-refractivity contribution in [3.63, 3.8) is 0 Å². The largest absolute Gasteiger partial charge is 0.374 e. The van der Waals surface area contributed by atoms with E-state index < -0.39 is 0 Å². The Morgan fingerprint density at radius 2 is 2.23 bits per heavy atom. The molecule has 3 heteroatoms. The first kappa shape index (κ1) is 7.86. The smallest absolute Gasteiger partial charge is 0.110 e. The third kappa shape index (κ3) is 1.40. The van der Waals surface area contributed by atoms with Gasteiger partial charge in [-0.05, 0) is 24.3 Å². The van der Waals surface area contributed by atoms with Crippen molar-refractivity contribution < 1.29 is 0 Å². The molecule has 0 amide bonds. The van der Waals surface area contributed by atoms with E-state index in [2.05, 4.69) is 10.3 Å². The van der Waals surface area contributed by atoms with Crippen molar-refractivity contribution in [2.45, 2.75) is 0 Å². The molecule has 0 aromatic carbocycles. The van der Waals surface area contributed by atoms with Crippen molar-refractivity contribution >= 4 is 5.82 Å². The van der Waals surface area contributed by atoms with E-state index in [-0.39, 0.29) is 0 Å². The molecule has 0 bridgehead atoms. The third-order valence-electron chi connectivity index (χ3n) is 1.93. The van der Waals surface area contributed by atoms with Gasteiger partial charge in [-0.3, -0.25) is 4.98 Å². The number of pyridine rings is 1. The van der Waals surface area contributed by atoms with Crippen LogP contribution in [-0.2, 0) is 0 Å². The highest BCUT2D eigenvalue weighted by molar-refractivity contribution is 5.45. The summed E-state index contributed by atoms with van der Waals surface area (Å²) < 4.78 is 2.05. The predicted molar refractivity (Wildman–Crippen MR) is 53.1 cm³/mol. The number of aromatic nitrogens is 2. The zero-order valence-electron chi connectivity index (χ0n) is 7.44. The van der Waals surface area contributed by atoms with Gasteiger partial charge in [0, 0.05) is 19.4 Å². The van der Waals surface area contributed by atoms with Crippen molar-refractivity contribution in [2.75, 3.05) is 12.4 Å². The van der Waals surface area contributed by atoms with Crippen LogP contribution in [0.1, 0.15) is 0 Å². The van der Waals surface area contributed by atoms with E-state index in [1.54, 1.807) is 6.20 Å². The van der Waals surface area contributed by atoms with Crippen LogP contribution in [0.5, 0.6) is 0 Å². The maximum atomic E-state index is 4.07. The summed E-state index contributed by atoms with van der Waals surface area (Å²) in [6, 6.07) is 7.97. The van der Waals surface area contributed by atoms with E-state index in [4.69, 9.17) is 0 Å². The molecule has 0 atom stereocenters. The lowest BCUT2D eigenvalue weighted by molar-refractivity contribution is 1.06. The highest BCUT2D eigenvalue weighted by Crippen LogP contribution is 2.14. The lowest BCUT2D eigenvalue weighted by Crippen LogP contribution is -1.98. The van der Waals surface area contributed by atoms with E-state index in [0.29, 0.717) is 0 Å². The van der Waals surface area contributed by atoms with E-state index in [0.717, 1.165) is 11.5 Å². The molecule has 13 heavy (non-hydrogen) atoms. The molecule has 0 aliphatic carbocycles. The second-order valence-electron chi connectivity index (χ2n) is 2.72. The first-order chi connectivity index (χ1) is 6.42. The molecular weight excluding hydrogens is 162 g/mol. The van der Waals surface area contributed by atoms with E-state index in [9.17, 15) is 0 Å². The number of anilines is 1. The molecule has 2 rings (SSSR count). The van der Waals surface area contributed by atoms with Crippen LogP contribution in [0.3, 0.4) is 0 Å². The van der Waals surface area contributed by atoms with Gasteiger partial charge >= 0.3 is 0 Å². The van der Waals surface area contributed by atoms with Gasteiger partial charge in [0.15, 0.2) is 0 Å². The number of rotatable bonds is 2. The monoisotopic (exact) mass is 173 g/mol. The fourth-order valence-electron chi connectivity index (χ4n) is 1.31. The summed E-state index contributed by atoms with van der Waals surface area (Å²) in [7, 11) is 1.90. The Morgan fingerprint density at radius 3 is 2.92 bits per heavy atom. The van der Waals surface area contributed by atoms with Gasteiger partial charge in [-0.15, -0.1) is 0 Å². The van der Waals surface area contributed by atoms with Gasteiger partial charge < -0.3 is 9.88 Å². The lowest BCUT2D eigenvalue weighted by atomic mass is 10.4. The average molecular weight is 173 g/mol. The minimum Gasteiger partial charge on any atom is -0.374 e. The van der Waals surface area contributed by atoms with Crippen LogP contribution in [0.4, 0.5) is 5.82 Å². The van der Waals surface area contributed by atoms with Gasteiger partial charge in [0.25, 0.3) is 0 Å². The molecule has 3 nitrogen and oxygen atoms in total. The zero-order valence-corrected chi connectivity index (χ0v) is 7.44. The zero-order chi connectivity index (χ0) is 9.10. The number of hydrogen-bond donors (Lipinski definition) is 1. The summed E-state index contributed by atoms with van der Waals surface area (Å²) in [6.07, 6.45) is 5.61. The van der Waals surface area contributed by atoms with E-state index in [1.807, 2.05) is 48.3 Å². The van der Waals surface area contributed by atoms with Crippen LogP contribution in [0.15, 0.2) is 42.9 Å². The fourth-order valence-corrected chi connectivity index (χ4v) is 1.31. The second kappa shape index (κ2) is 3.31. The predicted octanol–water partition coefficient (Wildman–Crippen LogP) is 1.91. The Hall–Kier alpha value is -1.77. The molecule has 0 spiro atoms. The highest BCUT2D eigenvalue weighted by Gasteiger charge is 1.99. The van der Waals surface area contributed by atoms with Gasteiger partial charge in [-0.1, -0.05) is 0 Å². The summed E-state index contributed by atoms with van der Waals surface area (Å²) in [5.41, 5.74) is 1.07. The van der Waals surface area contributed by atoms with Crippen LogP contribution in [0.2, 0.25) is 0 Å². The van der Waals surface area contributed by atoms with Crippen molar-refractivity contribution in [1.82, 2.24) is 9.55 Å². The minimum atomic E-state index is 1.06. The van der Waals surface area contributed by atoms with E-state index >= 15 is 0 Å². The van der Waals surface area contributed by atoms with Gasteiger partial charge in [0.1, 0.15) is 5.82 Å². The van der Waals surface area contributed by atoms with Crippen molar-refractivity contribution in [2.24, 2.45) is 0 Å². The summed E-state index contributed by atoms with van der Waals surface area (Å²) in [6.45, 7) is 0. The molecule has 0 unspecified atom stereocenters. The molecule has 0 aliphatic heterocycles. The first-order valence-corrected chi connectivity index (χ1v) is 4.17. The molecular formula is C10H11N3. The molecule has 66 valence electrons. The quantitative estimate of drug-likeness (QED) is 0.751. The number of nitrogens with one attached hydrogen (secondary N) is 1. The number of nitrogens with zero attached hydrogens (tertiary/aromatic N) is 2. The molecule has 0 saturated carbocycles. The Kier molecular flexibility index (Phi) is 2.00. The van der Waals surface area contributed by atoms with Gasteiger partial charge in [-0.25, -0.2) is 0 Å². The van der Waals surface area contributed by atoms with Crippen LogP contribution in [0.25, 0.3) is 5.69 Å². The van der Waals surface area contributed by atoms with Crippen LogP contribution < -0.4 is 5.32 Å². The first-order valence-electron chi connectivity index (χ1n) is 4.17. The standard InChI is InChI=1S/C10H11N3/c1-11-10-5-3-7-13(10)9-4-2-6-12-8-9/h2-8,11H,1H3. The normalized spacial score (nSPS) is 9.92. The summed E-state index contributed by atoms with van der Waals surface area (Å²) in [5, 5.41) is 3.11. The second-order valence-corrected chi connectivity index (χ2v) is 2.72. The molecule has 0 radical (unpaired) electrons. The maximum Gasteiger partial charge on any atom is 0.110 e. The highest BCUT2D eigenvalue weighted by atomic mass is 15.1. The minimum absolute atomic E-state index is 1.06. The molecule has 1 N–H and O–H groups in total. The van der Waals surface area contributed by atoms with Gasteiger partial charge in [0.05, 0.1) is 11.9 Å². The lowest BCUT2D eigenvalue weighted by Gasteiger charge is -2.06. The van der Waals surface area contributed by atoms with Crippen molar-refractivity contribution in [3.8, 4) is 5.69 Å². The summed E-state index contributed by atoms with van der Waals surface area (Å²) >= 11 is 0. The SMILES string of the molecule is CNc1cccn1-c1cccnc1. The fraction of sp³-hybridized carbons (Fsp3) is 0.100. The molecule has 0 aliphatic rings. The molecule has 0 fully saturated rings. The Labute approximate surface area is 77.0 Å². The number of hydrogen-bond acceptors (Lipinski definition) is 2. The van der Waals surface area contributed by atoms with Crippen molar-refractivity contribution in [3.05, 3.63) is 42.9 Å². The molecule has 0 saturated heterocycles. The van der Waals surface area contributed by atoms with Crippen LogP contribution in [-0.4, -0.2) is 16.6 Å². The molecule has 2 aromatic heterocycles. The van der Waals surface area contributed by atoms with Gasteiger partial charge in [-0.2, -0.15) is 0 Å². The van der Waals surface area contributed by atoms with Crippen LogP contribution >= 0.6 is 0 Å². The Bertz CT molecular complexity index is 378. The van der Waals surface area contributed by atoms with Crippen LogP contribution in [0, 0.1) is 0 Å². The maximum absolute atomic E-state index is 4.07. The molecule has 2 heterocycles. The summed E-state index contributed by atoms with van der Waals surface area (Å²) in [5.74, 6) is 1.06. The van der Waals surface area contributed by atoms with Crippen molar-refractivity contribution in [1.29, 1.82) is 0 Å². The van der Waals surface area contributed by atoms with Gasteiger partial charge in [0.2, 0.25) is 0 Å². The third-order valence-corrected chi connectivity index (χ3v) is 1.93. The van der Waals surface area contributed by atoms with E-state index in [1.165, 1.54) is 0 Å². The summed E-state index contributed by atoms with van der Waals surface area (Å²) in [4.78, 5) is 4.07. The Morgan fingerprint density at radius 1 is 1.31 bits per heavy atom. The molecule has 2 aromatic rings. The Balaban J connectivity index is 2.47. The average Bonchev–Trinajstić information content (AvgIpc) is 2.67. The topological polar surface area (TPSA) is 29.9 Å².